The van der Waals surface area contributed by atoms with Crippen LogP contribution in [0.2, 0.25) is 0 Å². The highest BCUT2D eigenvalue weighted by molar-refractivity contribution is 7.99. The Hall–Kier alpha value is -1.60. The number of hydrogen-bond donors (Lipinski definition) is 1. The molecule has 0 aromatic carbocycles. The van der Waals surface area contributed by atoms with Gasteiger partial charge in [-0.25, -0.2) is 15.0 Å². The van der Waals surface area contributed by atoms with Crippen molar-refractivity contribution in [2.45, 2.75) is 37.6 Å². The lowest BCUT2D eigenvalue weighted by atomic mass is 10.4. The highest BCUT2D eigenvalue weighted by atomic mass is 32.2. The summed E-state index contributed by atoms with van der Waals surface area (Å²) >= 11 is 1.32. The monoisotopic (exact) mass is 280 g/mol. The van der Waals surface area contributed by atoms with Gasteiger partial charge in [-0.15, -0.1) is 0 Å². The van der Waals surface area contributed by atoms with E-state index in [2.05, 4.69) is 15.0 Å². The van der Waals surface area contributed by atoms with Crippen LogP contribution in [0.5, 0.6) is 0 Å². The van der Waals surface area contributed by atoms with Crippen molar-refractivity contribution in [1.82, 2.24) is 15.0 Å². The Labute approximate surface area is 115 Å². The van der Waals surface area contributed by atoms with Gasteiger partial charge < -0.3 is 14.9 Å². The molecule has 2 rings (SSSR count). The van der Waals surface area contributed by atoms with Crippen molar-refractivity contribution in [2.75, 3.05) is 12.3 Å². The Morgan fingerprint density at radius 2 is 2.11 bits per heavy atom. The fourth-order valence-corrected chi connectivity index (χ4v) is 2.24. The summed E-state index contributed by atoms with van der Waals surface area (Å²) in [5.74, 6) is 1.77. The fourth-order valence-electron chi connectivity index (χ4n) is 1.38. The molecule has 0 saturated heterocycles. The van der Waals surface area contributed by atoms with Crippen molar-refractivity contribution in [2.24, 2.45) is 0 Å². The standard InChI is InChI=1S/C12H16N4O2S/c1-4-17-6-10-15-9(13)5-11(16-10)19-12-14-7(2)8(3)18-12/h5H,4,6H2,1-3H3,(H2,13,15,16). The third-order valence-electron chi connectivity index (χ3n) is 2.40. The molecular formula is C12H16N4O2S. The first-order valence-electron chi connectivity index (χ1n) is 5.91. The SMILES string of the molecule is CCOCc1nc(N)cc(Sc2nc(C)c(C)o2)n1. The van der Waals surface area contributed by atoms with Crippen molar-refractivity contribution in [3.05, 3.63) is 23.3 Å². The Balaban J connectivity index is 2.17. The molecule has 0 saturated carbocycles. The molecule has 0 aliphatic carbocycles. The van der Waals surface area contributed by atoms with Crippen LogP contribution in [0.15, 0.2) is 20.7 Å². The van der Waals surface area contributed by atoms with E-state index in [0.717, 1.165) is 11.5 Å². The Morgan fingerprint density at radius 1 is 1.32 bits per heavy atom. The van der Waals surface area contributed by atoms with Crippen LogP contribution >= 0.6 is 11.8 Å². The van der Waals surface area contributed by atoms with Crippen LogP contribution < -0.4 is 5.73 Å². The Kier molecular flexibility index (Phi) is 4.39. The molecule has 0 fully saturated rings. The average Bonchev–Trinajstić information content (AvgIpc) is 2.65. The van der Waals surface area contributed by atoms with Gasteiger partial charge in [0, 0.05) is 12.7 Å². The molecule has 0 spiro atoms. The van der Waals surface area contributed by atoms with Crippen molar-refractivity contribution in [3.8, 4) is 0 Å². The Bertz CT molecular complexity index is 551. The molecule has 0 atom stereocenters. The van der Waals surface area contributed by atoms with Gasteiger partial charge in [-0.05, 0) is 32.5 Å². The normalized spacial score (nSPS) is 10.9. The number of ether oxygens (including phenoxy) is 1. The first-order chi connectivity index (χ1) is 9.08. The van der Waals surface area contributed by atoms with Gasteiger partial charge in [0.1, 0.15) is 23.2 Å². The van der Waals surface area contributed by atoms with Crippen molar-refractivity contribution in [1.29, 1.82) is 0 Å². The van der Waals surface area contributed by atoms with Crippen LogP contribution in [-0.4, -0.2) is 21.6 Å². The summed E-state index contributed by atoms with van der Waals surface area (Å²) in [6.07, 6.45) is 0. The summed E-state index contributed by atoms with van der Waals surface area (Å²) < 4.78 is 10.8. The Morgan fingerprint density at radius 3 is 2.74 bits per heavy atom. The van der Waals surface area contributed by atoms with E-state index in [4.69, 9.17) is 14.9 Å². The van der Waals surface area contributed by atoms with Crippen LogP contribution in [0.25, 0.3) is 0 Å². The smallest absolute Gasteiger partial charge is 0.262 e. The predicted molar refractivity (Wildman–Crippen MR) is 71.9 cm³/mol. The first kappa shape index (κ1) is 13.8. The summed E-state index contributed by atoms with van der Waals surface area (Å²) in [6.45, 7) is 6.65. The summed E-state index contributed by atoms with van der Waals surface area (Å²) in [7, 11) is 0. The number of nitrogens with two attached hydrogens (primary N) is 1. The number of nitrogen functional groups attached to an aromatic ring is 1. The molecule has 7 heteroatoms. The van der Waals surface area contributed by atoms with Crippen LogP contribution in [0, 0.1) is 13.8 Å². The van der Waals surface area contributed by atoms with E-state index in [1.807, 2.05) is 20.8 Å². The molecule has 0 aliphatic heterocycles. The van der Waals surface area contributed by atoms with Gasteiger partial charge in [0.25, 0.3) is 5.22 Å². The number of aromatic nitrogens is 3. The largest absolute Gasteiger partial charge is 0.436 e. The quantitative estimate of drug-likeness (QED) is 0.841. The minimum Gasteiger partial charge on any atom is -0.436 e. The van der Waals surface area contributed by atoms with E-state index < -0.39 is 0 Å². The number of nitrogens with zero attached hydrogens (tertiary/aromatic N) is 3. The van der Waals surface area contributed by atoms with Gasteiger partial charge in [0.2, 0.25) is 0 Å². The molecule has 2 aromatic rings. The number of aryl methyl sites for hydroxylation is 2. The lowest BCUT2D eigenvalue weighted by Crippen LogP contribution is -2.03. The molecule has 0 bridgehead atoms. The molecule has 2 heterocycles. The summed E-state index contributed by atoms with van der Waals surface area (Å²) in [5, 5.41) is 1.25. The maximum Gasteiger partial charge on any atom is 0.262 e. The minimum atomic E-state index is 0.346. The molecule has 102 valence electrons. The van der Waals surface area contributed by atoms with E-state index in [0.29, 0.717) is 35.1 Å². The highest BCUT2D eigenvalue weighted by Crippen LogP contribution is 2.27. The molecule has 2 N–H and O–H groups in total. The molecule has 2 aromatic heterocycles. The number of anilines is 1. The topological polar surface area (TPSA) is 87.1 Å². The van der Waals surface area contributed by atoms with Crippen molar-refractivity contribution >= 4 is 17.6 Å². The zero-order chi connectivity index (χ0) is 13.8. The minimum absolute atomic E-state index is 0.346. The molecule has 6 nitrogen and oxygen atoms in total. The number of rotatable bonds is 5. The number of oxazole rings is 1. The second kappa shape index (κ2) is 6.03. The molecular weight excluding hydrogens is 264 g/mol. The summed E-state index contributed by atoms with van der Waals surface area (Å²) in [5.41, 5.74) is 6.62. The van der Waals surface area contributed by atoms with Crippen LogP contribution in [0.1, 0.15) is 24.2 Å². The zero-order valence-corrected chi connectivity index (χ0v) is 12.0. The first-order valence-corrected chi connectivity index (χ1v) is 6.73. The highest BCUT2D eigenvalue weighted by Gasteiger charge is 2.10. The lowest BCUT2D eigenvalue weighted by Gasteiger charge is -2.04. The molecule has 0 amide bonds. The van der Waals surface area contributed by atoms with Gasteiger partial charge >= 0.3 is 0 Å². The second-order valence-electron chi connectivity index (χ2n) is 3.91. The van der Waals surface area contributed by atoms with Crippen LogP contribution in [0.3, 0.4) is 0 Å². The van der Waals surface area contributed by atoms with Crippen molar-refractivity contribution < 1.29 is 9.15 Å². The molecule has 0 unspecified atom stereocenters. The molecule has 19 heavy (non-hydrogen) atoms. The van der Waals surface area contributed by atoms with Crippen LogP contribution in [-0.2, 0) is 11.3 Å². The van der Waals surface area contributed by atoms with E-state index in [1.165, 1.54) is 11.8 Å². The maximum absolute atomic E-state index is 5.75. The third kappa shape index (κ3) is 3.68. The van der Waals surface area contributed by atoms with Crippen molar-refractivity contribution in [3.63, 3.8) is 0 Å². The molecule has 0 radical (unpaired) electrons. The van der Waals surface area contributed by atoms with Gasteiger partial charge in [-0.2, -0.15) is 0 Å². The number of hydrogen-bond acceptors (Lipinski definition) is 7. The summed E-state index contributed by atoms with van der Waals surface area (Å²) in [6, 6.07) is 1.69. The maximum atomic E-state index is 5.75. The third-order valence-corrected chi connectivity index (χ3v) is 3.17. The second-order valence-corrected chi connectivity index (χ2v) is 4.88. The van der Waals surface area contributed by atoms with E-state index in [9.17, 15) is 0 Å². The van der Waals surface area contributed by atoms with Gasteiger partial charge in [-0.1, -0.05) is 0 Å². The van der Waals surface area contributed by atoms with E-state index in [-0.39, 0.29) is 0 Å². The van der Waals surface area contributed by atoms with Gasteiger partial charge in [0.15, 0.2) is 5.82 Å². The predicted octanol–water partition coefficient (Wildman–Crippen LogP) is 2.35. The average molecular weight is 280 g/mol. The van der Waals surface area contributed by atoms with E-state index in [1.54, 1.807) is 6.07 Å². The van der Waals surface area contributed by atoms with Crippen LogP contribution in [0.4, 0.5) is 5.82 Å². The molecule has 0 aliphatic rings. The lowest BCUT2D eigenvalue weighted by molar-refractivity contribution is 0.128. The van der Waals surface area contributed by atoms with Gasteiger partial charge in [-0.3, -0.25) is 0 Å². The zero-order valence-electron chi connectivity index (χ0n) is 11.1. The summed E-state index contributed by atoms with van der Waals surface area (Å²) in [4.78, 5) is 12.8. The van der Waals surface area contributed by atoms with Gasteiger partial charge in [0.05, 0.1) is 5.69 Å². The van der Waals surface area contributed by atoms with E-state index >= 15 is 0 Å². The fraction of sp³-hybridized carbons (Fsp3) is 0.417.